The highest BCUT2D eigenvalue weighted by Crippen LogP contribution is 2.18. The molecular formula is C11H15ClN2OS2. The van der Waals surface area contributed by atoms with Gasteiger partial charge in [0.1, 0.15) is 0 Å². The van der Waals surface area contributed by atoms with Crippen LogP contribution < -0.4 is 10.6 Å². The minimum atomic E-state index is -0.0507. The molecule has 1 fully saturated rings. The second-order valence-corrected chi connectivity index (χ2v) is 5.40. The van der Waals surface area contributed by atoms with Crippen LogP contribution in [0, 0.1) is 0 Å². The number of carbonyl (C=O) groups excluding carboxylic acids is 1. The van der Waals surface area contributed by atoms with Crippen molar-refractivity contribution in [2.75, 3.05) is 23.2 Å². The van der Waals surface area contributed by atoms with Crippen molar-refractivity contribution in [2.24, 2.45) is 0 Å². The summed E-state index contributed by atoms with van der Waals surface area (Å²) >= 11 is 3.45. The first-order valence-electron chi connectivity index (χ1n) is 5.05. The van der Waals surface area contributed by atoms with Gasteiger partial charge in [0.15, 0.2) is 0 Å². The van der Waals surface area contributed by atoms with Crippen LogP contribution in [-0.4, -0.2) is 29.8 Å². The molecule has 17 heavy (non-hydrogen) atoms. The van der Waals surface area contributed by atoms with E-state index in [-0.39, 0.29) is 24.4 Å². The molecule has 3 nitrogen and oxygen atoms in total. The SMILES string of the molecule is CSc1ccc(NC(=O)C2CSCN2)cc1.Cl. The van der Waals surface area contributed by atoms with Gasteiger partial charge in [-0.3, -0.25) is 10.1 Å². The molecule has 0 radical (unpaired) electrons. The van der Waals surface area contributed by atoms with E-state index in [1.54, 1.807) is 23.5 Å². The summed E-state index contributed by atoms with van der Waals surface area (Å²) in [7, 11) is 0. The molecule has 2 N–H and O–H groups in total. The Bertz CT molecular complexity index is 366. The molecule has 1 amide bonds. The lowest BCUT2D eigenvalue weighted by molar-refractivity contribution is -0.117. The van der Waals surface area contributed by atoms with Gasteiger partial charge in [-0.1, -0.05) is 0 Å². The van der Waals surface area contributed by atoms with Crippen LogP contribution in [0.3, 0.4) is 0 Å². The molecule has 1 aliphatic rings. The topological polar surface area (TPSA) is 41.1 Å². The molecule has 1 aromatic carbocycles. The smallest absolute Gasteiger partial charge is 0.242 e. The first-order chi connectivity index (χ1) is 7.79. The Kier molecular flexibility index (Phi) is 6.19. The van der Waals surface area contributed by atoms with Crippen LogP contribution in [0.2, 0.25) is 0 Å². The average molecular weight is 291 g/mol. The minimum Gasteiger partial charge on any atom is -0.325 e. The Morgan fingerprint density at radius 1 is 1.47 bits per heavy atom. The lowest BCUT2D eigenvalue weighted by Gasteiger charge is -2.10. The first kappa shape index (κ1) is 14.7. The Morgan fingerprint density at radius 2 is 2.18 bits per heavy atom. The maximum Gasteiger partial charge on any atom is 0.242 e. The number of hydrogen-bond acceptors (Lipinski definition) is 4. The van der Waals surface area contributed by atoms with Crippen LogP contribution in [0.5, 0.6) is 0 Å². The van der Waals surface area contributed by atoms with Crippen molar-refractivity contribution in [3.8, 4) is 0 Å². The van der Waals surface area contributed by atoms with E-state index in [9.17, 15) is 4.79 Å². The lowest BCUT2D eigenvalue weighted by Crippen LogP contribution is -2.37. The van der Waals surface area contributed by atoms with Crippen LogP contribution in [0.15, 0.2) is 29.2 Å². The molecule has 0 aliphatic carbocycles. The van der Waals surface area contributed by atoms with Crippen LogP contribution in [0.1, 0.15) is 0 Å². The summed E-state index contributed by atoms with van der Waals surface area (Å²) in [6.45, 7) is 0. The average Bonchev–Trinajstić information content (AvgIpc) is 2.83. The predicted molar refractivity (Wildman–Crippen MR) is 78.3 cm³/mol. The van der Waals surface area contributed by atoms with Crippen molar-refractivity contribution in [1.82, 2.24) is 5.32 Å². The highest BCUT2D eigenvalue weighted by atomic mass is 35.5. The van der Waals surface area contributed by atoms with E-state index in [2.05, 4.69) is 10.6 Å². The third-order valence-corrected chi connectivity index (χ3v) is 4.07. The number of carbonyl (C=O) groups is 1. The maximum absolute atomic E-state index is 11.8. The lowest BCUT2D eigenvalue weighted by atomic mass is 10.2. The Morgan fingerprint density at radius 3 is 2.71 bits per heavy atom. The number of rotatable bonds is 3. The van der Waals surface area contributed by atoms with Gasteiger partial charge in [0.05, 0.1) is 6.04 Å². The van der Waals surface area contributed by atoms with Gasteiger partial charge in [0, 0.05) is 22.2 Å². The van der Waals surface area contributed by atoms with Crippen LogP contribution >= 0.6 is 35.9 Å². The zero-order valence-electron chi connectivity index (χ0n) is 9.43. The summed E-state index contributed by atoms with van der Waals surface area (Å²) in [4.78, 5) is 13.0. The molecule has 0 aromatic heterocycles. The Balaban J connectivity index is 0.00000144. The quantitative estimate of drug-likeness (QED) is 0.839. The molecule has 1 unspecified atom stereocenters. The van der Waals surface area contributed by atoms with Crippen molar-refractivity contribution in [2.45, 2.75) is 10.9 Å². The fraction of sp³-hybridized carbons (Fsp3) is 0.364. The molecule has 0 saturated carbocycles. The van der Waals surface area contributed by atoms with E-state index in [4.69, 9.17) is 0 Å². The molecule has 1 atom stereocenters. The molecule has 6 heteroatoms. The Labute approximate surface area is 116 Å². The van der Waals surface area contributed by atoms with Crippen molar-refractivity contribution in [3.05, 3.63) is 24.3 Å². The van der Waals surface area contributed by atoms with Gasteiger partial charge in [-0.25, -0.2) is 0 Å². The van der Waals surface area contributed by atoms with E-state index < -0.39 is 0 Å². The first-order valence-corrected chi connectivity index (χ1v) is 7.43. The number of anilines is 1. The summed E-state index contributed by atoms with van der Waals surface area (Å²) < 4.78 is 0. The molecule has 0 spiro atoms. The van der Waals surface area contributed by atoms with Gasteiger partial charge in [0.25, 0.3) is 0 Å². The summed E-state index contributed by atoms with van der Waals surface area (Å²) in [6.07, 6.45) is 2.03. The van der Waals surface area contributed by atoms with E-state index in [0.29, 0.717) is 0 Å². The highest BCUT2D eigenvalue weighted by Gasteiger charge is 2.22. The normalized spacial score (nSPS) is 18.5. The van der Waals surface area contributed by atoms with Gasteiger partial charge in [-0.2, -0.15) is 0 Å². The zero-order chi connectivity index (χ0) is 11.4. The number of nitrogens with one attached hydrogen (secondary N) is 2. The number of benzene rings is 1. The van der Waals surface area contributed by atoms with E-state index in [0.717, 1.165) is 17.3 Å². The van der Waals surface area contributed by atoms with Gasteiger partial charge in [-0.05, 0) is 30.5 Å². The summed E-state index contributed by atoms with van der Waals surface area (Å²) in [5.74, 6) is 1.78. The fourth-order valence-corrected chi connectivity index (χ4v) is 2.82. The molecule has 0 bridgehead atoms. The minimum absolute atomic E-state index is 0. The summed E-state index contributed by atoms with van der Waals surface area (Å²) in [5, 5.41) is 6.06. The highest BCUT2D eigenvalue weighted by molar-refractivity contribution is 7.99. The molecule has 94 valence electrons. The Hall–Kier alpha value is -0.360. The second kappa shape index (κ2) is 7.16. The zero-order valence-corrected chi connectivity index (χ0v) is 11.9. The van der Waals surface area contributed by atoms with Gasteiger partial charge >= 0.3 is 0 Å². The standard InChI is InChI=1S/C11H14N2OS2.ClH/c1-15-9-4-2-8(3-5-9)13-11(14)10-6-16-7-12-10;/h2-5,10,12H,6-7H2,1H3,(H,13,14);1H. The monoisotopic (exact) mass is 290 g/mol. The molecular weight excluding hydrogens is 276 g/mol. The molecule has 1 aromatic rings. The van der Waals surface area contributed by atoms with Crippen molar-refractivity contribution in [3.63, 3.8) is 0 Å². The fourth-order valence-electron chi connectivity index (χ4n) is 1.47. The number of thioether (sulfide) groups is 2. The van der Waals surface area contributed by atoms with Crippen molar-refractivity contribution >= 4 is 47.5 Å². The van der Waals surface area contributed by atoms with E-state index in [1.165, 1.54) is 4.90 Å². The third kappa shape index (κ3) is 4.10. The summed E-state index contributed by atoms with van der Waals surface area (Å²) in [6, 6.07) is 7.84. The van der Waals surface area contributed by atoms with Gasteiger partial charge in [-0.15, -0.1) is 35.9 Å². The molecule has 1 heterocycles. The van der Waals surface area contributed by atoms with Gasteiger partial charge in [0.2, 0.25) is 5.91 Å². The number of hydrogen-bond donors (Lipinski definition) is 2. The largest absolute Gasteiger partial charge is 0.325 e. The molecule has 1 aliphatic heterocycles. The van der Waals surface area contributed by atoms with Crippen molar-refractivity contribution < 1.29 is 4.79 Å². The van der Waals surface area contributed by atoms with E-state index >= 15 is 0 Å². The molecule has 1 saturated heterocycles. The molecule has 2 rings (SSSR count). The maximum atomic E-state index is 11.8. The van der Waals surface area contributed by atoms with E-state index in [1.807, 2.05) is 30.5 Å². The predicted octanol–water partition coefficient (Wildman–Crippen LogP) is 2.43. The second-order valence-electron chi connectivity index (χ2n) is 3.49. The summed E-state index contributed by atoms with van der Waals surface area (Å²) in [5.41, 5.74) is 0.863. The van der Waals surface area contributed by atoms with Crippen molar-refractivity contribution in [1.29, 1.82) is 0 Å². The van der Waals surface area contributed by atoms with Crippen LogP contribution in [0.4, 0.5) is 5.69 Å². The van der Waals surface area contributed by atoms with Gasteiger partial charge < -0.3 is 5.32 Å². The third-order valence-electron chi connectivity index (χ3n) is 2.39. The van der Waals surface area contributed by atoms with Crippen LogP contribution in [0.25, 0.3) is 0 Å². The number of halogens is 1. The van der Waals surface area contributed by atoms with Crippen LogP contribution in [-0.2, 0) is 4.79 Å². The number of amides is 1.